The Bertz CT molecular complexity index is 1060. The highest BCUT2D eigenvalue weighted by atomic mass is 16.5. The van der Waals surface area contributed by atoms with E-state index in [1.54, 1.807) is 39.5 Å². The number of nitrogens with one attached hydrogen (secondary N) is 1. The lowest BCUT2D eigenvalue weighted by Gasteiger charge is -2.22. The van der Waals surface area contributed by atoms with Gasteiger partial charge >= 0.3 is 0 Å². The van der Waals surface area contributed by atoms with Gasteiger partial charge in [-0.1, -0.05) is 0 Å². The normalized spacial score (nSPS) is 14.1. The van der Waals surface area contributed by atoms with E-state index in [9.17, 15) is 4.79 Å². The monoisotopic (exact) mass is 436 g/mol. The van der Waals surface area contributed by atoms with Gasteiger partial charge in [0, 0.05) is 37.8 Å². The third-order valence-corrected chi connectivity index (χ3v) is 5.70. The van der Waals surface area contributed by atoms with Crippen LogP contribution in [0.25, 0.3) is 11.3 Å². The van der Waals surface area contributed by atoms with Crippen molar-refractivity contribution in [3.05, 3.63) is 54.1 Å². The van der Waals surface area contributed by atoms with E-state index in [2.05, 4.69) is 15.1 Å². The highest BCUT2D eigenvalue weighted by Gasteiger charge is 2.22. The molecule has 2 heterocycles. The minimum atomic E-state index is -0.00578. The third kappa shape index (κ3) is 4.49. The molecule has 0 radical (unpaired) electrons. The predicted octanol–water partition coefficient (Wildman–Crippen LogP) is 3.46. The fourth-order valence-corrected chi connectivity index (χ4v) is 3.89. The van der Waals surface area contributed by atoms with Crippen LogP contribution in [-0.4, -0.2) is 68.5 Å². The maximum Gasteiger partial charge on any atom is 0.254 e. The van der Waals surface area contributed by atoms with Crippen molar-refractivity contribution in [3.8, 4) is 28.5 Å². The molecule has 1 aliphatic rings. The average molecular weight is 437 g/mol. The van der Waals surface area contributed by atoms with Gasteiger partial charge in [0.1, 0.15) is 5.75 Å². The predicted molar refractivity (Wildman–Crippen MR) is 123 cm³/mol. The summed E-state index contributed by atoms with van der Waals surface area (Å²) < 4.78 is 15.8. The van der Waals surface area contributed by atoms with Gasteiger partial charge < -0.3 is 24.0 Å². The first-order valence-corrected chi connectivity index (χ1v) is 10.6. The standard InChI is InChI=1S/C24H28N4O4/c1-30-19-8-5-17(6-9-19)20-16-23(26-25-20)27-11-4-12-28(14-13-27)24(29)18-7-10-21(31-2)22(15-18)32-3/h5-10,15-16H,4,11-14H2,1-3H3,(H,25,26). The number of ether oxygens (including phenoxy) is 3. The summed E-state index contributed by atoms with van der Waals surface area (Å²) in [6.07, 6.45) is 0.865. The topological polar surface area (TPSA) is 79.9 Å². The molecule has 4 rings (SSSR count). The fourth-order valence-electron chi connectivity index (χ4n) is 3.89. The van der Waals surface area contributed by atoms with Gasteiger partial charge in [-0.25, -0.2) is 0 Å². The first-order chi connectivity index (χ1) is 15.6. The molecule has 0 saturated carbocycles. The van der Waals surface area contributed by atoms with Crippen molar-refractivity contribution in [3.63, 3.8) is 0 Å². The number of hydrogen-bond donors (Lipinski definition) is 1. The number of H-pyrrole nitrogens is 1. The summed E-state index contributed by atoms with van der Waals surface area (Å²) in [4.78, 5) is 17.2. The number of hydrogen-bond acceptors (Lipinski definition) is 6. The van der Waals surface area contributed by atoms with Crippen molar-refractivity contribution >= 4 is 11.7 Å². The molecule has 2 aromatic carbocycles. The van der Waals surface area contributed by atoms with E-state index in [0.29, 0.717) is 36.7 Å². The zero-order valence-corrected chi connectivity index (χ0v) is 18.6. The molecule has 8 heteroatoms. The zero-order valence-electron chi connectivity index (χ0n) is 18.6. The third-order valence-electron chi connectivity index (χ3n) is 5.70. The average Bonchev–Trinajstić information content (AvgIpc) is 3.21. The minimum Gasteiger partial charge on any atom is -0.497 e. The van der Waals surface area contributed by atoms with E-state index in [1.165, 1.54) is 0 Å². The van der Waals surface area contributed by atoms with Crippen LogP contribution in [0, 0.1) is 0 Å². The fraction of sp³-hybridized carbons (Fsp3) is 0.333. The summed E-state index contributed by atoms with van der Waals surface area (Å²) in [5, 5.41) is 7.63. The van der Waals surface area contributed by atoms with Gasteiger partial charge in [0.05, 0.1) is 27.0 Å². The van der Waals surface area contributed by atoms with Crippen molar-refractivity contribution < 1.29 is 19.0 Å². The molecule has 1 aromatic heterocycles. The summed E-state index contributed by atoms with van der Waals surface area (Å²) in [5.74, 6) is 2.86. The molecular formula is C24H28N4O4. The molecule has 32 heavy (non-hydrogen) atoms. The smallest absolute Gasteiger partial charge is 0.254 e. The highest BCUT2D eigenvalue weighted by Crippen LogP contribution is 2.29. The van der Waals surface area contributed by atoms with Gasteiger partial charge in [-0.15, -0.1) is 0 Å². The molecule has 168 valence electrons. The lowest BCUT2D eigenvalue weighted by molar-refractivity contribution is 0.0766. The summed E-state index contributed by atoms with van der Waals surface area (Å²) in [6, 6.07) is 15.2. The zero-order chi connectivity index (χ0) is 22.5. The van der Waals surface area contributed by atoms with Crippen LogP contribution in [-0.2, 0) is 0 Å². The lowest BCUT2D eigenvalue weighted by atomic mass is 10.1. The van der Waals surface area contributed by atoms with Crippen LogP contribution in [0.3, 0.4) is 0 Å². The number of benzene rings is 2. The number of carbonyl (C=O) groups excluding carboxylic acids is 1. The Morgan fingerprint density at radius 1 is 0.875 bits per heavy atom. The van der Waals surface area contributed by atoms with E-state index in [1.807, 2.05) is 35.2 Å². The summed E-state index contributed by atoms with van der Waals surface area (Å²) in [7, 11) is 4.81. The second-order valence-electron chi connectivity index (χ2n) is 7.57. The maximum atomic E-state index is 13.1. The van der Waals surface area contributed by atoms with Crippen molar-refractivity contribution in [1.29, 1.82) is 0 Å². The minimum absolute atomic E-state index is 0.00578. The first kappa shape index (κ1) is 21.5. The molecule has 0 unspecified atom stereocenters. The molecular weight excluding hydrogens is 408 g/mol. The van der Waals surface area contributed by atoms with E-state index in [-0.39, 0.29) is 5.91 Å². The largest absolute Gasteiger partial charge is 0.497 e. The Morgan fingerprint density at radius 2 is 1.66 bits per heavy atom. The van der Waals surface area contributed by atoms with Gasteiger partial charge in [-0.2, -0.15) is 5.10 Å². The van der Waals surface area contributed by atoms with Crippen molar-refractivity contribution in [1.82, 2.24) is 15.1 Å². The van der Waals surface area contributed by atoms with Crippen LogP contribution in [0.4, 0.5) is 5.82 Å². The van der Waals surface area contributed by atoms with E-state index in [0.717, 1.165) is 35.8 Å². The number of anilines is 1. The molecule has 3 aromatic rings. The number of rotatable bonds is 6. The van der Waals surface area contributed by atoms with Crippen LogP contribution in [0.15, 0.2) is 48.5 Å². The van der Waals surface area contributed by atoms with Gasteiger partial charge in [-0.3, -0.25) is 9.89 Å². The second kappa shape index (κ2) is 9.64. The Balaban J connectivity index is 1.43. The quantitative estimate of drug-likeness (QED) is 0.638. The molecule has 1 N–H and O–H groups in total. The molecule has 0 aliphatic carbocycles. The van der Waals surface area contributed by atoms with Crippen LogP contribution < -0.4 is 19.1 Å². The van der Waals surface area contributed by atoms with Crippen LogP contribution in [0.5, 0.6) is 17.2 Å². The molecule has 0 bridgehead atoms. The number of carbonyl (C=O) groups is 1. The Hall–Kier alpha value is -3.68. The van der Waals surface area contributed by atoms with Gasteiger partial charge in [0.15, 0.2) is 17.3 Å². The highest BCUT2D eigenvalue weighted by molar-refractivity contribution is 5.95. The Morgan fingerprint density at radius 3 is 2.38 bits per heavy atom. The second-order valence-corrected chi connectivity index (χ2v) is 7.57. The van der Waals surface area contributed by atoms with E-state index < -0.39 is 0 Å². The van der Waals surface area contributed by atoms with E-state index in [4.69, 9.17) is 14.2 Å². The SMILES string of the molecule is COc1ccc(-c2cc(N3CCCN(C(=O)c4ccc(OC)c(OC)c4)CC3)n[nH]2)cc1. The number of nitrogens with zero attached hydrogens (tertiary/aromatic N) is 3. The van der Waals surface area contributed by atoms with Crippen molar-refractivity contribution in [2.24, 2.45) is 0 Å². The van der Waals surface area contributed by atoms with Crippen molar-refractivity contribution in [2.45, 2.75) is 6.42 Å². The molecule has 0 spiro atoms. The lowest BCUT2D eigenvalue weighted by Crippen LogP contribution is -2.35. The van der Waals surface area contributed by atoms with Crippen LogP contribution in [0.2, 0.25) is 0 Å². The first-order valence-electron chi connectivity index (χ1n) is 10.6. The molecule has 1 fully saturated rings. The van der Waals surface area contributed by atoms with Crippen LogP contribution >= 0.6 is 0 Å². The molecule has 8 nitrogen and oxygen atoms in total. The number of aromatic amines is 1. The van der Waals surface area contributed by atoms with E-state index >= 15 is 0 Å². The molecule has 0 atom stereocenters. The molecule has 1 amide bonds. The van der Waals surface area contributed by atoms with Crippen molar-refractivity contribution in [2.75, 3.05) is 52.4 Å². The number of methoxy groups -OCH3 is 3. The summed E-state index contributed by atoms with van der Waals surface area (Å²) in [5.41, 5.74) is 2.59. The number of aromatic nitrogens is 2. The Kier molecular flexibility index (Phi) is 6.49. The van der Waals surface area contributed by atoms with Gasteiger partial charge in [-0.05, 0) is 54.4 Å². The Labute approximate surface area is 187 Å². The molecule has 1 saturated heterocycles. The maximum absolute atomic E-state index is 13.1. The van der Waals surface area contributed by atoms with Gasteiger partial charge in [0.2, 0.25) is 0 Å². The summed E-state index contributed by atoms with van der Waals surface area (Å²) in [6.45, 7) is 2.87. The number of amides is 1. The van der Waals surface area contributed by atoms with Gasteiger partial charge in [0.25, 0.3) is 5.91 Å². The summed E-state index contributed by atoms with van der Waals surface area (Å²) >= 11 is 0. The van der Waals surface area contributed by atoms with Crippen LogP contribution in [0.1, 0.15) is 16.8 Å². The molecule has 1 aliphatic heterocycles.